The molecule has 0 aromatic rings. The maximum absolute atomic E-state index is 2.35. The SMILES string of the molecule is CC[C@@H]1C[C@H]2CCCC12. The van der Waals surface area contributed by atoms with Crippen molar-refractivity contribution in [2.75, 3.05) is 0 Å². The van der Waals surface area contributed by atoms with Crippen LogP contribution in [0.5, 0.6) is 0 Å². The van der Waals surface area contributed by atoms with Gasteiger partial charge in [0.05, 0.1) is 0 Å². The van der Waals surface area contributed by atoms with Gasteiger partial charge in [-0.2, -0.15) is 0 Å². The van der Waals surface area contributed by atoms with E-state index in [1.165, 1.54) is 24.7 Å². The van der Waals surface area contributed by atoms with Crippen molar-refractivity contribution in [2.24, 2.45) is 17.8 Å². The van der Waals surface area contributed by atoms with E-state index in [-0.39, 0.29) is 0 Å². The summed E-state index contributed by atoms with van der Waals surface area (Å²) in [5.41, 5.74) is 0. The van der Waals surface area contributed by atoms with Crippen LogP contribution in [0.15, 0.2) is 0 Å². The zero-order chi connectivity index (χ0) is 6.27. The van der Waals surface area contributed by atoms with Crippen LogP contribution in [0.25, 0.3) is 0 Å². The molecule has 0 nitrogen and oxygen atoms in total. The second-order valence-corrected chi connectivity index (χ2v) is 3.76. The van der Waals surface area contributed by atoms with Gasteiger partial charge in [-0.3, -0.25) is 0 Å². The van der Waals surface area contributed by atoms with E-state index in [9.17, 15) is 0 Å². The van der Waals surface area contributed by atoms with Gasteiger partial charge in [0, 0.05) is 0 Å². The summed E-state index contributed by atoms with van der Waals surface area (Å²) in [5.74, 6) is 3.49. The molecule has 0 radical (unpaired) electrons. The fourth-order valence-electron chi connectivity index (χ4n) is 2.82. The highest BCUT2D eigenvalue weighted by Gasteiger charge is 2.41. The predicted molar refractivity (Wildman–Crippen MR) is 39.2 cm³/mol. The first-order valence-electron chi connectivity index (χ1n) is 4.42. The minimum absolute atomic E-state index is 1.14. The van der Waals surface area contributed by atoms with Crippen molar-refractivity contribution in [3.63, 3.8) is 0 Å². The van der Waals surface area contributed by atoms with Gasteiger partial charge in [-0.05, 0) is 30.6 Å². The zero-order valence-electron chi connectivity index (χ0n) is 6.27. The van der Waals surface area contributed by atoms with Crippen molar-refractivity contribution in [3.05, 3.63) is 0 Å². The highest BCUT2D eigenvalue weighted by atomic mass is 14.5. The fourth-order valence-corrected chi connectivity index (χ4v) is 2.82. The molecule has 1 unspecified atom stereocenters. The Labute approximate surface area is 57.6 Å². The molecule has 9 heavy (non-hydrogen) atoms. The van der Waals surface area contributed by atoms with Crippen LogP contribution in [0.1, 0.15) is 39.0 Å². The van der Waals surface area contributed by atoms with Gasteiger partial charge in [-0.15, -0.1) is 0 Å². The van der Waals surface area contributed by atoms with Crippen molar-refractivity contribution >= 4 is 0 Å². The zero-order valence-corrected chi connectivity index (χ0v) is 6.27. The lowest BCUT2D eigenvalue weighted by molar-refractivity contribution is 0.0997. The fraction of sp³-hybridized carbons (Fsp3) is 1.00. The van der Waals surface area contributed by atoms with E-state index in [1.54, 1.807) is 19.3 Å². The topological polar surface area (TPSA) is 0 Å². The van der Waals surface area contributed by atoms with Gasteiger partial charge < -0.3 is 0 Å². The van der Waals surface area contributed by atoms with Crippen LogP contribution in [0, 0.1) is 17.8 Å². The van der Waals surface area contributed by atoms with Crippen molar-refractivity contribution in [3.8, 4) is 0 Å². The van der Waals surface area contributed by atoms with Crippen LogP contribution < -0.4 is 0 Å². The van der Waals surface area contributed by atoms with Crippen LogP contribution in [0.2, 0.25) is 0 Å². The first kappa shape index (κ1) is 5.76. The van der Waals surface area contributed by atoms with E-state index in [1.807, 2.05) is 0 Å². The van der Waals surface area contributed by atoms with Crippen LogP contribution in [0.3, 0.4) is 0 Å². The van der Waals surface area contributed by atoms with Gasteiger partial charge in [0.25, 0.3) is 0 Å². The lowest BCUT2D eigenvalue weighted by atomic mass is 9.66. The summed E-state index contributed by atoms with van der Waals surface area (Å²) < 4.78 is 0. The molecule has 2 saturated carbocycles. The quantitative estimate of drug-likeness (QED) is 0.504. The molecule has 2 fully saturated rings. The Bertz CT molecular complexity index is 107. The molecule has 0 bridgehead atoms. The number of hydrogen-bond donors (Lipinski definition) is 0. The molecule has 0 heteroatoms. The van der Waals surface area contributed by atoms with Crippen molar-refractivity contribution < 1.29 is 0 Å². The molecule has 0 amide bonds. The van der Waals surface area contributed by atoms with Gasteiger partial charge in [-0.1, -0.05) is 26.2 Å². The average molecular weight is 124 g/mol. The molecule has 2 rings (SSSR count). The molecule has 2 aliphatic rings. The van der Waals surface area contributed by atoms with E-state index < -0.39 is 0 Å². The van der Waals surface area contributed by atoms with Gasteiger partial charge in [0.1, 0.15) is 0 Å². The third-order valence-electron chi connectivity index (χ3n) is 3.45. The molecule has 0 spiro atoms. The number of rotatable bonds is 1. The maximum Gasteiger partial charge on any atom is -0.0357 e. The minimum atomic E-state index is 1.14. The van der Waals surface area contributed by atoms with Crippen LogP contribution in [-0.2, 0) is 0 Å². The second kappa shape index (κ2) is 2.00. The van der Waals surface area contributed by atoms with E-state index in [4.69, 9.17) is 0 Å². The molecule has 0 aromatic carbocycles. The maximum atomic E-state index is 2.35. The molecule has 0 saturated heterocycles. The number of hydrogen-bond acceptors (Lipinski definition) is 0. The van der Waals surface area contributed by atoms with Gasteiger partial charge in [-0.25, -0.2) is 0 Å². The standard InChI is InChI=1S/C9H16/c1-2-7-6-8-4-3-5-9(7)8/h7-9H,2-6H2,1H3/t7-,8-,9?/m1/s1. The Morgan fingerprint density at radius 1 is 1.33 bits per heavy atom. The second-order valence-electron chi connectivity index (χ2n) is 3.76. The first-order valence-corrected chi connectivity index (χ1v) is 4.42. The third kappa shape index (κ3) is 0.720. The summed E-state index contributed by atoms with van der Waals surface area (Å²) >= 11 is 0. The van der Waals surface area contributed by atoms with E-state index in [0.29, 0.717) is 0 Å². The summed E-state index contributed by atoms with van der Waals surface area (Å²) in [5, 5.41) is 0. The Morgan fingerprint density at radius 3 is 2.89 bits per heavy atom. The van der Waals surface area contributed by atoms with E-state index in [2.05, 4.69) is 6.92 Å². The van der Waals surface area contributed by atoms with E-state index >= 15 is 0 Å². The average Bonchev–Trinajstić information content (AvgIpc) is 2.14. The van der Waals surface area contributed by atoms with Crippen LogP contribution in [-0.4, -0.2) is 0 Å². The highest BCUT2D eigenvalue weighted by molar-refractivity contribution is 4.92. The molecule has 2 aliphatic carbocycles. The highest BCUT2D eigenvalue weighted by Crippen LogP contribution is 2.52. The summed E-state index contributed by atoms with van der Waals surface area (Å²) in [6, 6.07) is 0. The lowest BCUT2D eigenvalue weighted by Gasteiger charge is -2.40. The van der Waals surface area contributed by atoms with Gasteiger partial charge in [0.2, 0.25) is 0 Å². The summed E-state index contributed by atoms with van der Waals surface area (Å²) in [7, 11) is 0. The summed E-state index contributed by atoms with van der Waals surface area (Å²) in [6.07, 6.45) is 7.67. The van der Waals surface area contributed by atoms with Crippen molar-refractivity contribution in [1.29, 1.82) is 0 Å². The molecule has 0 N–H and O–H groups in total. The summed E-state index contributed by atoms with van der Waals surface area (Å²) in [6.45, 7) is 2.35. The molecule has 52 valence electrons. The predicted octanol–water partition coefficient (Wildman–Crippen LogP) is 2.83. The van der Waals surface area contributed by atoms with E-state index in [0.717, 1.165) is 5.92 Å². The Morgan fingerprint density at radius 2 is 2.22 bits per heavy atom. The Kier molecular flexibility index (Phi) is 1.28. The monoisotopic (exact) mass is 124 g/mol. The van der Waals surface area contributed by atoms with Crippen LogP contribution in [0.4, 0.5) is 0 Å². The smallest absolute Gasteiger partial charge is 0.0357 e. The van der Waals surface area contributed by atoms with Crippen LogP contribution >= 0.6 is 0 Å². The third-order valence-corrected chi connectivity index (χ3v) is 3.45. The van der Waals surface area contributed by atoms with Crippen molar-refractivity contribution in [2.45, 2.75) is 39.0 Å². The molecule has 0 aromatic heterocycles. The molecular weight excluding hydrogens is 108 g/mol. The lowest BCUT2D eigenvalue weighted by Crippen LogP contribution is -2.31. The van der Waals surface area contributed by atoms with Crippen molar-refractivity contribution in [1.82, 2.24) is 0 Å². The molecule has 0 aliphatic heterocycles. The van der Waals surface area contributed by atoms with Gasteiger partial charge in [0.15, 0.2) is 0 Å². The summed E-state index contributed by atoms with van der Waals surface area (Å²) in [4.78, 5) is 0. The Balaban J connectivity index is 1.93. The minimum Gasteiger partial charge on any atom is -0.0651 e. The number of fused-ring (bicyclic) bond motifs is 1. The van der Waals surface area contributed by atoms with Gasteiger partial charge >= 0.3 is 0 Å². The molecule has 3 atom stereocenters. The Hall–Kier alpha value is 0. The largest absolute Gasteiger partial charge is 0.0651 e. The molecular formula is C9H16. The first-order chi connectivity index (χ1) is 4.42. The normalized spacial score (nSPS) is 48.3. The molecule has 0 heterocycles.